The van der Waals surface area contributed by atoms with Gasteiger partial charge in [0.25, 0.3) is 5.91 Å². The number of ether oxygens (including phenoxy) is 1. The van der Waals surface area contributed by atoms with Crippen molar-refractivity contribution in [3.8, 4) is 11.8 Å². The minimum atomic E-state index is -3.65. The number of benzene rings is 2. The highest BCUT2D eigenvalue weighted by Crippen LogP contribution is 2.20. The second-order valence-electron chi connectivity index (χ2n) is 6.34. The van der Waals surface area contributed by atoms with Crippen molar-refractivity contribution >= 4 is 15.9 Å². The normalized spacial score (nSPS) is 14.8. The molecule has 6 nitrogen and oxygen atoms in total. The summed E-state index contributed by atoms with van der Waals surface area (Å²) in [5.41, 5.74) is 1.90. The predicted molar refractivity (Wildman–Crippen MR) is 106 cm³/mol. The number of nitrogens with one attached hydrogen (secondary N) is 1. The molecule has 3 rings (SSSR count). The molecule has 2 aromatic carbocycles. The Morgan fingerprint density at radius 1 is 1.14 bits per heavy atom. The molecule has 28 heavy (non-hydrogen) atoms. The summed E-state index contributed by atoms with van der Waals surface area (Å²) in [7, 11) is -3.65. The number of nitrogens with zero attached hydrogens (tertiary/aromatic N) is 1. The number of rotatable bonds is 4. The SMILES string of the molecule is Cc1ccc(S(=O)(=O)N2CCOCC2)cc1C(=O)NCC#Cc1ccccc1. The predicted octanol–water partition coefficient (Wildman–Crippen LogP) is 1.80. The van der Waals surface area contributed by atoms with Gasteiger partial charge >= 0.3 is 0 Å². The summed E-state index contributed by atoms with van der Waals surface area (Å²) in [6.07, 6.45) is 0. The minimum absolute atomic E-state index is 0.112. The topological polar surface area (TPSA) is 75.7 Å². The van der Waals surface area contributed by atoms with Gasteiger partial charge in [-0.25, -0.2) is 8.42 Å². The Morgan fingerprint density at radius 2 is 1.86 bits per heavy atom. The molecule has 1 heterocycles. The summed E-state index contributed by atoms with van der Waals surface area (Å²) in [5.74, 6) is 5.51. The number of carbonyl (C=O) groups is 1. The van der Waals surface area contributed by atoms with Crippen LogP contribution in [0.15, 0.2) is 53.4 Å². The lowest BCUT2D eigenvalue weighted by atomic mass is 10.1. The van der Waals surface area contributed by atoms with Crippen molar-refractivity contribution in [1.82, 2.24) is 9.62 Å². The van der Waals surface area contributed by atoms with Crippen molar-refractivity contribution in [1.29, 1.82) is 0 Å². The molecule has 7 heteroatoms. The highest BCUT2D eigenvalue weighted by molar-refractivity contribution is 7.89. The van der Waals surface area contributed by atoms with Crippen LogP contribution >= 0.6 is 0 Å². The first-order valence-electron chi connectivity index (χ1n) is 8.99. The molecule has 0 spiro atoms. The number of aryl methyl sites for hydroxylation is 1. The molecule has 2 aromatic rings. The maximum Gasteiger partial charge on any atom is 0.252 e. The Kier molecular flexibility index (Phi) is 6.47. The van der Waals surface area contributed by atoms with E-state index in [1.807, 2.05) is 30.3 Å². The molecule has 0 aromatic heterocycles. The Labute approximate surface area is 165 Å². The lowest BCUT2D eigenvalue weighted by Crippen LogP contribution is -2.40. The molecule has 1 aliphatic heterocycles. The van der Waals surface area contributed by atoms with Gasteiger partial charge in [-0.1, -0.05) is 36.1 Å². The van der Waals surface area contributed by atoms with Crippen LogP contribution in [0.25, 0.3) is 0 Å². The quantitative estimate of drug-likeness (QED) is 0.797. The van der Waals surface area contributed by atoms with Gasteiger partial charge in [0.2, 0.25) is 10.0 Å². The number of morpholine rings is 1. The Balaban J connectivity index is 1.72. The zero-order valence-corrected chi connectivity index (χ0v) is 16.5. The van der Waals surface area contributed by atoms with E-state index in [1.165, 1.54) is 16.4 Å². The van der Waals surface area contributed by atoms with Crippen LogP contribution in [-0.2, 0) is 14.8 Å². The van der Waals surface area contributed by atoms with E-state index >= 15 is 0 Å². The van der Waals surface area contributed by atoms with Gasteiger partial charge in [0.15, 0.2) is 0 Å². The third-order valence-corrected chi connectivity index (χ3v) is 6.30. The van der Waals surface area contributed by atoms with Crippen LogP contribution in [0.5, 0.6) is 0 Å². The van der Waals surface area contributed by atoms with Gasteiger partial charge in [-0.15, -0.1) is 0 Å². The summed E-state index contributed by atoms with van der Waals surface area (Å²) in [5, 5.41) is 2.73. The number of carbonyl (C=O) groups excluding carboxylic acids is 1. The lowest BCUT2D eigenvalue weighted by Gasteiger charge is -2.26. The average Bonchev–Trinajstić information content (AvgIpc) is 2.72. The van der Waals surface area contributed by atoms with Crippen molar-refractivity contribution < 1.29 is 17.9 Å². The first-order valence-corrected chi connectivity index (χ1v) is 10.4. The molecule has 0 unspecified atom stereocenters. The van der Waals surface area contributed by atoms with E-state index in [0.29, 0.717) is 37.4 Å². The third-order valence-electron chi connectivity index (χ3n) is 4.41. The summed E-state index contributed by atoms with van der Waals surface area (Å²) < 4.78 is 32.2. The van der Waals surface area contributed by atoms with E-state index in [2.05, 4.69) is 17.2 Å². The number of hydrogen-bond acceptors (Lipinski definition) is 4. The van der Waals surface area contributed by atoms with Gasteiger partial charge < -0.3 is 10.1 Å². The monoisotopic (exact) mass is 398 g/mol. The minimum Gasteiger partial charge on any atom is -0.379 e. The fraction of sp³-hybridized carbons (Fsp3) is 0.286. The molecule has 146 valence electrons. The Morgan fingerprint density at radius 3 is 2.57 bits per heavy atom. The smallest absolute Gasteiger partial charge is 0.252 e. The summed E-state index contributed by atoms with van der Waals surface area (Å²) in [4.78, 5) is 12.6. The molecule has 1 aliphatic rings. The fourth-order valence-electron chi connectivity index (χ4n) is 2.83. The fourth-order valence-corrected chi connectivity index (χ4v) is 4.26. The number of amides is 1. The van der Waals surface area contributed by atoms with Crippen LogP contribution in [0.1, 0.15) is 21.5 Å². The summed E-state index contributed by atoms with van der Waals surface area (Å²) >= 11 is 0. The molecule has 0 saturated carbocycles. The van der Waals surface area contributed by atoms with Crippen molar-refractivity contribution in [2.24, 2.45) is 0 Å². The standard InChI is InChI=1S/C21H22N2O4S/c1-17-9-10-19(28(25,26)23-12-14-27-15-13-23)16-20(17)21(24)22-11-5-8-18-6-3-2-4-7-18/h2-4,6-7,9-10,16H,11-15H2,1H3,(H,22,24). The first kappa shape index (κ1) is 20.1. The molecular formula is C21H22N2O4S. The van der Waals surface area contributed by atoms with Crippen LogP contribution in [0.3, 0.4) is 0 Å². The molecule has 1 fully saturated rings. The maximum atomic E-state index is 12.8. The van der Waals surface area contributed by atoms with Crippen LogP contribution in [0.2, 0.25) is 0 Å². The second-order valence-corrected chi connectivity index (χ2v) is 8.28. The third kappa shape index (κ3) is 4.78. The lowest BCUT2D eigenvalue weighted by molar-refractivity contribution is 0.0730. The largest absolute Gasteiger partial charge is 0.379 e. The molecule has 0 bridgehead atoms. The van der Waals surface area contributed by atoms with Crippen molar-refractivity contribution in [3.63, 3.8) is 0 Å². The highest BCUT2D eigenvalue weighted by atomic mass is 32.2. The van der Waals surface area contributed by atoms with Crippen LogP contribution in [-0.4, -0.2) is 51.5 Å². The van der Waals surface area contributed by atoms with Crippen molar-refractivity contribution in [2.45, 2.75) is 11.8 Å². The molecule has 1 N–H and O–H groups in total. The van der Waals surface area contributed by atoms with E-state index in [-0.39, 0.29) is 17.3 Å². The number of sulfonamides is 1. The van der Waals surface area contributed by atoms with Crippen LogP contribution < -0.4 is 5.32 Å². The van der Waals surface area contributed by atoms with E-state index in [1.54, 1.807) is 13.0 Å². The second kappa shape index (κ2) is 9.02. The maximum absolute atomic E-state index is 12.8. The zero-order valence-electron chi connectivity index (χ0n) is 15.6. The molecule has 0 atom stereocenters. The number of hydrogen-bond donors (Lipinski definition) is 1. The molecule has 1 amide bonds. The van der Waals surface area contributed by atoms with E-state index in [9.17, 15) is 13.2 Å². The van der Waals surface area contributed by atoms with E-state index in [0.717, 1.165) is 5.56 Å². The van der Waals surface area contributed by atoms with Gasteiger partial charge in [0.1, 0.15) is 0 Å². The van der Waals surface area contributed by atoms with Gasteiger partial charge in [-0.05, 0) is 36.8 Å². The van der Waals surface area contributed by atoms with Gasteiger partial charge in [-0.3, -0.25) is 4.79 Å². The van der Waals surface area contributed by atoms with Crippen LogP contribution in [0, 0.1) is 18.8 Å². The summed E-state index contributed by atoms with van der Waals surface area (Å²) in [6, 6.07) is 14.1. The van der Waals surface area contributed by atoms with Crippen LogP contribution in [0.4, 0.5) is 0 Å². The molecule has 0 aliphatic carbocycles. The first-order chi connectivity index (χ1) is 13.5. The van der Waals surface area contributed by atoms with Gasteiger partial charge in [0.05, 0.1) is 24.7 Å². The molecular weight excluding hydrogens is 376 g/mol. The van der Waals surface area contributed by atoms with Gasteiger partial charge in [0, 0.05) is 24.2 Å². The molecule has 1 saturated heterocycles. The highest BCUT2D eigenvalue weighted by Gasteiger charge is 2.27. The Hall–Kier alpha value is -2.66. The van der Waals surface area contributed by atoms with Crippen molar-refractivity contribution in [3.05, 3.63) is 65.2 Å². The van der Waals surface area contributed by atoms with Crippen molar-refractivity contribution in [2.75, 3.05) is 32.8 Å². The zero-order chi connectivity index (χ0) is 20.0. The Bertz CT molecular complexity index is 1000. The summed E-state index contributed by atoms with van der Waals surface area (Å²) in [6.45, 7) is 3.32. The van der Waals surface area contributed by atoms with E-state index in [4.69, 9.17) is 4.74 Å². The van der Waals surface area contributed by atoms with E-state index < -0.39 is 10.0 Å². The van der Waals surface area contributed by atoms with Gasteiger partial charge in [-0.2, -0.15) is 4.31 Å². The average molecular weight is 398 g/mol. The molecule has 0 radical (unpaired) electrons.